The molecule has 4 nitrogen and oxygen atoms in total. The van der Waals surface area contributed by atoms with Crippen LogP contribution in [0.1, 0.15) is 29.3 Å². The third-order valence-corrected chi connectivity index (χ3v) is 4.13. The van der Waals surface area contributed by atoms with Crippen molar-refractivity contribution in [2.45, 2.75) is 25.1 Å². The highest BCUT2D eigenvalue weighted by atomic mass is 19.4. The monoisotopic (exact) mass is 354 g/mol. The third kappa shape index (κ3) is 3.51. The zero-order valence-electron chi connectivity index (χ0n) is 13.9. The van der Waals surface area contributed by atoms with Gasteiger partial charge < -0.3 is 9.47 Å². The summed E-state index contributed by atoms with van der Waals surface area (Å²) in [4.78, 5) is 23.9. The lowest BCUT2D eigenvalue weighted by Gasteiger charge is -2.35. The number of Topliss-reactive ketones (excluding diaryl/α,β-unsaturated/α-hetero) is 1. The Morgan fingerprint density at radius 2 is 1.84 bits per heavy atom. The van der Waals surface area contributed by atoms with Crippen LogP contribution in [0.2, 0.25) is 0 Å². The van der Waals surface area contributed by atoms with Crippen molar-refractivity contribution in [2.24, 2.45) is 0 Å². The van der Waals surface area contributed by atoms with E-state index in [0.717, 1.165) is 20.3 Å². The summed E-state index contributed by atoms with van der Waals surface area (Å²) in [5.41, 5.74) is -1.84. The van der Waals surface area contributed by atoms with E-state index in [1.165, 1.54) is 19.1 Å². The van der Waals surface area contributed by atoms with Crippen molar-refractivity contribution in [2.75, 3.05) is 14.2 Å². The fraction of sp³-hybridized carbons (Fsp3) is 0.333. The molecule has 2 rings (SSSR count). The minimum Gasteiger partial charge on any atom is -0.467 e. The molecule has 7 heteroatoms. The lowest BCUT2D eigenvalue weighted by Crippen LogP contribution is -2.45. The highest BCUT2D eigenvalue weighted by Gasteiger charge is 2.50. The van der Waals surface area contributed by atoms with E-state index in [2.05, 4.69) is 0 Å². The first-order chi connectivity index (χ1) is 11.7. The topological polar surface area (TPSA) is 52.6 Å². The highest BCUT2D eigenvalue weighted by molar-refractivity contribution is 6.00. The Kier molecular flexibility index (Phi) is 5.17. The molecule has 1 aliphatic carbocycles. The Balaban J connectivity index is 2.67. The average molecular weight is 354 g/mol. The molecule has 0 N–H and O–H groups in total. The fourth-order valence-electron chi connectivity index (χ4n) is 2.78. The number of ether oxygens (including phenoxy) is 2. The van der Waals surface area contributed by atoms with E-state index in [-0.39, 0.29) is 11.4 Å². The van der Waals surface area contributed by atoms with E-state index in [1.807, 2.05) is 0 Å². The minimum atomic E-state index is -4.60. The number of methoxy groups -OCH3 is 2. The van der Waals surface area contributed by atoms with Gasteiger partial charge in [0.05, 0.1) is 7.11 Å². The van der Waals surface area contributed by atoms with Gasteiger partial charge in [0, 0.05) is 30.2 Å². The average Bonchev–Trinajstić information content (AvgIpc) is 2.59. The molecule has 1 aromatic carbocycles. The largest absolute Gasteiger partial charge is 0.467 e. The van der Waals surface area contributed by atoms with Crippen molar-refractivity contribution in [1.29, 1.82) is 0 Å². The second-order valence-corrected chi connectivity index (χ2v) is 5.61. The number of allylic oxidation sites excluding steroid dienone is 2. The van der Waals surface area contributed by atoms with Gasteiger partial charge in [-0.1, -0.05) is 30.4 Å². The van der Waals surface area contributed by atoms with Gasteiger partial charge in [-0.2, -0.15) is 13.2 Å². The maximum absolute atomic E-state index is 13.1. The zero-order valence-corrected chi connectivity index (χ0v) is 13.9. The van der Waals surface area contributed by atoms with Crippen LogP contribution in [0.5, 0.6) is 0 Å². The molecule has 0 amide bonds. The highest BCUT2D eigenvalue weighted by Crippen LogP contribution is 2.44. The van der Waals surface area contributed by atoms with Crippen molar-refractivity contribution >= 4 is 17.3 Å². The number of carbonyl (C=O) groups is 2. The van der Waals surface area contributed by atoms with E-state index in [4.69, 9.17) is 9.47 Å². The molecule has 0 heterocycles. The van der Waals surface area contributed by atoms with E-state index in [0.29, 0.717) is 11.1 Å². The van der Waals surface area contributed by atoms with Crippen molar-refractivity contribution in [3.8, 4) is 0 Å². The van der Waals surface area contributed by atoms with Crippen LogP contribution in [0, 0.1) is 0 Å². The standard InChI is InChI=1S/C18H17F3O4/c1-11(22)12-5-4-6-13(9-12)15-8-7-14(18(19,20)21)10-17(15,25-3)16(23)24-2/h4-9H,10H2,1-3H3. The van der Waals surface area contributed by atoms with Gasteiger partial charge in [-0.05, 0) is 18.6 Å². The van der Waals surface area contributed by atoms with Crippen molar-refractivity contribution < 1.29 is 32.2 Å². The Hall–Kier alpha value is -2.41. The van der Waals surface area contributed by atoms with Crippen LogP contribution < -0.4 is 0 Å². The Bertz CT molecular complexity index is 762. The van der Waals surface area contributed by atoms with Crippen molar-refractivity contribution in [3.05, 3.63) is 53.1 Å². The SMILES string of the molecule is COC(=O)C1(OC)CC(C(F)(F)F)=CC=C1c1cccc(C(C)=O)c1. The number of alkyl halides is 3. The van der Waals surface area contributed by atoms with Crippen LogP contribution >= 0.6 is 0 Å². The van der Waals surface area contributed by atoms with Gasteiger partial charge in [0.15, 0.2) is 11.4 Å². The molecular weight excluding hydrogens is 337 g/mol. The Morgan fingerprint density at radius 1 is 1.16 bits per heavy atom. The first-order valence-corrected chi connectivity index (χ1v) is 7.39. The molecular formula is C18H17F3O4. The van der Waals surface area contributed by atoms with Crippen LogP contribution in [0.3, 0.4) is 0 Å². The van der Waals surface area contributed by atoms with Gasteiger partial charge in [-0.25, -0.2) is 4.79 Å². The summed E-state index contributed by atoms with van der Waals surface area (Å²) in [6.07, 6.45) is -3.21. The number of hydrogen-bond donors (Lipinski definition) is 0. The van der Waals surface area contributed by atoms with Gasteiger partial charge in [-0.15, -0.1) is 0 Å². The summed E-state index contributed by atoms with van der Waals surface area (Å²) in [6.45, 7) is 1.37. The molecule has 0 spiro atoms. The summed E-state index contributed by atoms with van der Waals surface area (Å²) < 4.78 is 49.4. The Morgan fingerprint density at radius 3 is 2.36 bits per heavy atom. The maximum Gasteiger partial charge on any atom is 0.412 e. The van der Waals surface area contributed by atoms with Gasteiger partial charge in [0.25, 0.3) is 0 Å². The van der Waals surface area contributed by atoms with Gasteiger partial charge in [0.1, 0.15) is 0 Å². The number of halogens is 3. The van der Waals surface area contributed by atoms with Crippen LogP contribution in [0.25, 0.3) is 5.57 Å². The van der Waals surface area contributed by atoms with E-state index < -0.39 is 29.7 Å². The molecule has 0 saturated heterocycles. The number of carbonyl (C=O) groups excluding carboxylic acids is 2. The number of rotatable bonds is 4. The summed E-state index contributed by atoms with van der Waals surface area (Å²) >= 11 is 0. The van der Waals surface area contributed by atoms with Crippen LogP contribution in [0.4, 0.5) is 13.2 Å². The first kappa shape index (κ1) is 18.9. The second kappa shape index (κ2) is 6.84. The molecule has 1 atom stereocenters. The predicted octanol–water partition coefficient (Wildman–Crippen LogP) is 3.72. The lowest BCUT2D eigenvalue weighted by atomic mass is 9.78. The minimum absolute atomic E-state index is 0.203. The van der Waals surface area contributed by atoms with E-state index in [1.54, 1.807) is 18.2 Å². The molecule has 0 bridgehead atoms. The molecule has 1 aromatic rings. The first-order valence-electron chi connectivity index (χ1n) is 7.39. The molecule has 0 radical (unpaired) electrons. The second-order valence-electron chi connectivity index (χ2n) is 5.61. The molecule has 0 saturated carbocycles. The summed E-state index contributed by atoms with van der Waals surface area (Å²) in [5.74, 6) is -1.14. The number of hydrogen-bond acceptors (Lipinski definition) is 4. The molecule has 0 fully saturated rings. The molecule has 134 valence electrons. The normalized spacial score (nSPS) is 20.6. The molecule has 1 aliphatic rings. The number of esters is 1. The van der Waals surface area contributed by atoms with E-state index in [9.17, 15) is 22.8 Å². The van der Waals surface area contributed by atoms with Gasteiger partial charge in [0.2, 0.25) is 0 Å². The zero-order chi connectivity index (χ0) is 18.8. The van der Waals surface area contributed by atoms with Crippen LogP contribution in [-0.4, -0.2) is 37.7 Å². The Labute approximate surface area is 142 Å². The quantitative estimate of drug-likeness (QED) is 0.611. The maximum atomic E-state index is 13.1. The van der Waals surface area contributed by atoms with E-state index >= 15 is 0 Å². The van der Waals surface area contributed by atoms with Gasteiger partial charge in [-0.3, -0.25) is 4.79 Å². The molecule has 1 unspecified atom stereocenters. The molecule has 0 aromatic heterocycles. The lowest BCUT2D eigenvalue weighted by molar-refractivity contribution is -0.161. The number of ketones is 1. The van der Waals surface area contributed by atoms with Crippen LogP contribution in [0.15, 0.2) is 42.0 Å². The smallest absolute Gasteiger partial charge is 0.412 e. The summed E-state index contributed by atoms with van der Waals surface area (Å²) in [7, 11) is 2.23. The predicted molar refractivity (Wildman–Crippen MR) is 84.9 cm³/mol. The third-order valence-electron chi connectivity index (χ3n) is 4.13. The summed E-state index contributed by atoms with van der Waals surface area (Å²) in [6, 6.07) is 6.28. The van der Waals surface area contributed by atoms with Crippen molar-refractivity contribution in [3.63, 3.8) is 0 Å². The fourth-order valence-corrected chi connectivity index (χ4v) is 2.78. The molecule has 0 aliphatic heterocycles. The van der Waals surface area contributed by atoms with Crippen molar-refractivity contribution in [1.82, 2.24) is 0 Å². The molecule has 25 heavy (non-hydrogen) atoms. The van der Waals surface area contributed by atoms with Crippen LogP contribution in [-0.2, 0) is 14.3 Å². The summed E-state index contributed by atoms with van der Waals surface area (Å²) in [5, 5.41) is 0. The number of benzene rings is 1. The van der Waals surface area contributed by atoms with Gasteiger partial charge >= 0.3 is 12.1 Å².